The first-order valence-electron chi connectivity index (χ1n) is 10.4. The Labute approximate surface area is 174 Å². The lowest BCUT2D eigenvalue weighted by Crippen LogP contribution is -2.53. The molecule has 2 aromatic heterocycles. The van der Waals surface area contributed by atoms with E-state index in [0.29, 0.717) is 23.7 Å². The Morgan fingerprint density at radius 3 is 2.89 bits per heavy atom. The maximum atomic E-state index is 13.6. The fourth-order valence-corrected chi connectivity index (χ4v) is 6.03. The van der Waals surface area contributed by atoms with Gasteiger partial charge in [-0.1, -0.05) is 36.6 Å². The molecule has 0 N–H and O–H groups in total. The zero-order chi connectivity index (χ0) is 19.3. The van der Waals surface area contributed by atoms with Crippen molar-refractivity contribution in [1.82, 2.24) is 14.3 Å². The number of piperidine rings is 1. The molecule has 1 saturated heterocycles. The fourth-order valence-electron chi connectivity index (χ4n) is 5.54. The topological polar surface area (TPSA) is 37.6 Å². The second-order valence-corrected chi connectivity index (χ2v) is 9.24. The summed E-state index contributed by atoms with van der Waals surface area (Å²) in [5.74, 6) is 1.79. The van der Waals surface area contributed by atoms with Crippen LogP contribution in [0.1, 0.15) is 56.1 Å². The van der Waals surface area contributed by atoms with Crippen LogP contribution in [-0.4, -0.2) is 32.8 Å². The van der Waals surface area contributed by atoms with Gasteiger partial charge in [0.15, 0.2) is 0 Å². The fraction of sp³-hybridized carbons (Fsp3) is 0.478. The Bertz CT molecular complexity index is 989. The molecule has 0 aromatic carbocycles. The molecule has 3 heterocycles. The molecule has 5 heteroatoms. The standard InChI is InChI=1S/C23H26BrN3O/c1-15-9-10-16(14-15)17-11-13-27(19-7-3-2-6-18(17)19)23(28)22-25-21(24)20-8-4-5-12-26(20)22/h4-5,8,10,12,14,17-19H,2-3,6-7,9,11,13H2,1H3. The second-order valence-electron chi connectivity index (χ2n) is 8.49. The predicted octanol–water partition coefficient (Wildman–Crippen LogP) is 5.39. The zero-order valence-electron chi connectivity index (χ0n) is 16.3. The normalized spacial score (nSPS) is 27.5. The highest BCUT2D eigenvalue weighted by molar-refractivity contribution is 9.10. The van der Waals surface area contributed by atoms with E-state index < -0.39 is 0 Å². The number of hydrogen-bond acceptors (Lipinski definition) is 2. The molecule has 2 aromatic rings. The summed E-state index contributed by atoms with van der Waals surface area (Å²) in [5.41, 5.74) is 3.93. The van der Waals surface area contributed by atoms with Gasteiger partial charge in [0.05, 0.1) is 5.52 Å². The van der Waals surface area contributed by atoms with Crippen LogP contribution in [0.2, 0.25) is 0 Å². The number of amides is 1. The lowest BCUT2D eigenvalue weighted by Gasteiger charge is -2.48. The number of rotatable bonds is 2. The van der Waals surface area contributed by atoms with E-state index in [9.17, 15) is 4.79 Å². The number of pyridine rings is 1. The smallest absolute Gasteiger partial charge is 0.290 e. The third kappa shape index (κ3) is 2.95. The summed E-state index contributed by atoms with van der Waals surface area (Å²) in [6.07, 6.45) is 13.8. The highest BCUT2D eigenvalue weighted by Crippen LogP contribution is 2.44. The Balaban J connectivity index is 1.46. The predicted molar refractivity (Wildman–Crippen MR) is 114 cm³/mol. The van der Waals surface area contributed by atoms with E-state index in [1.54, 1.807) is 0 Å². The van der Waals surface area contributed by atoms with Crippen LogP contribution in [0.25, 0.3) is 5.52 Å². The van der Waals surface area contributed by atoms with Crippen LogP contribution in [0.15, 0.2) is 52.3 Å². The van der Waals surface area contributed by atoms with Gasteiger partial charge in [-0.3, -0.25) is 9.20 Å². The van der Waals surface area contributed by atoms with Crippen LogP contribution in [0.5, 0.6) is 0 Å². The highest BCUT2D eigenvalue weighted by Gasteiger charge is 2.43. The number of imidazole rings is 1. The first kappa shape index (κ1) is 18.2. The van der Waals surface area contributed by atoms with Crippen LogP contribution in [-0.2, 0) is 0 Å². The molecule has 1 aliphatic heterocycles. The maximum absolute atomic E-state index is 13.6. The summed E-state index contributed by atoms with van der Waals surface area (Å²) in [4.78, 5) is 20.3. The van der Waals surface area contributed by atoms with Crippen LogP contribution >= 0.6 is 15.9 Å². The molecular formula is C23H26BrN3O. The number of fused-ring (bicyclic) bond motifs is 2. The Morgan fingerprint density at radius 2 is 2.07 bits per heavy atom. The van der Waals surface area contributed by atoms with Gasteiger partial charge in [0.2, 0.25) is 5.82 Å². The molecule has 3 atom stereocenters. The second kappa shape index (κ2) is 7.18. The van der Waals surface area contributed by atoms with Crippen molar-refractivity contribution in [2.75, 3.05) is 6.54 Å². The molecular weight excluding hydrogens is 414 g/mol. The Hall–Kier alpha value is -1.88. The molecule has 3 unspecified atom stereocenters. The molecule has 2 aliphatic carbocycles. The number of carbonyl (C=O) groups is 1. The van der Waals surface area contributed by atoms with Crippen molar-refractivity contribution in [2.24, 2.45) is 11.8 Å². The van der Waals surface area contributed by atoms with Crippen molar-refractivity contribution in [2.45, 2.75) is 51.5 Å². The summed E-state index contributed by atoms with van der Waals surface area (Å²) < 4.78 is 2.66. The van der Waals surface area contributed by atoms with Crippen LogP contribution < -0.4 is 0 Å². The Kier molecular flexibility index (Phi) is 4.66. The minimum Gasteiger partial charge on any atom is -0.333 e. The molecule has 4 nitrogen and oxygen atoms in total. The summed E-state index contributed by atoms with van der Waals surface area (Å²) in [6, 6.07) is 6.26. The van der Waals surface area contributed by atoms with Gasteiger partial charge in [0, 0.05) is 18.8 Å². The molecule has 5 rings (SSSR count). The lowest BCUT2D eigenvalue weighted by atomic mass is 9.69. The quantitative estimate of drug-likeness (QED) is 0.628. The van der Waals surface area contributed by atoms with Gasteiger partial charge in [-0.15, -0.1) is 0 Å². The first-order valence-corrected chi connectivity index (χ1v) is 11.2. The number of nitrogens with zero attached hydrogens (tertiary/aromatic N) is 3. The molecule has 2 fully saturated rings. The van der Waals surface area contributed by atoms with Gasteiger partial charge in [-0.25, -0.2) is 4.98 Å². The summed E-state index contributed by atoms with van der Waals surface area (Å²) in [6.45, 7) is 3.05. The van der Waals surface area contributed by atoms with Crippen molar-refractivity contribution in [3.05, 3.63) is 58.1 Å². The van der Waals surface area contributed by atoms with Gasteiger partial charge >= 0.3 is 0 Å². The summed E-state index contributed by atoms with van der Waals surface area (Å²) in [5, 5.41) is 0. The van der Waals surface area contributed by atoms with Crippen LogP contribution in [0.4, 0.5) is 0 Å². The van der Waals surface area contributed by atoms with Crippen molar-refractivity contribution in [3.8, 4) is 0 Å². The molecule has 3 aliphatic rings. The molecule has 1 saturated carbocycles. The van der Waals surface area contributed by atoms with Gasteiger partial charge in [-0.2, -0.15) is 0 Å². The van der Waals surface area contributed by atoms with E-state index in [-0.39, 0.29) is 5.91 Å². The number of likely N-dealkylation sites (tertiary alicyclic amines) is 1. The summed E-state index contributed by atoms with van der Waals surface area (Å²) >= 11 is 3.52. The number of aromatic nitrogens is 2. The van der Waals surface area contributed by atoms with Crippen LogP contribution in [0.3, 0.4) is 0 Å². The first-order chi connectivity index (χ1) is 13.6. The summed E-state index contributed by atoms with van der Waals surface area (Å²) in [7, 11) is 0. The molecule has 28 heavy (non-hydrogen) atoms. The van der Waals surface area contributed by atoms with E-state index >= 15 is 0 Å². The molecule has 0 radical (unpaired) electrons. The highest BCUT2D eigenvalue weighted by atomic mass is 79.9. The number of hydrogen-bond donors (Lipinski definition) is 0. The average molecular weight is 440 g/mol. The third-order valence-corrected chi connectivity index (χ3v) is 7.42. The van der Waals surface area contributed by atoms with E-state index in [0.717, 1.165) is 35.9 Å². The lowest BCUT2D eigenvalue weighted by molar-refractivity contribution is 0.0245. The number of allylic oxidation sites excluding steroid dienone is 4. The zero-order valence-corrected chi connectivity index (χ0v) is 17.9. The van der Waals surface area contributed by atoms with E-state index in [1.807, 2.05) is 28.8 Å². The van der Waals surface area contributed by atoms with Gasteiger partial charge < -0.3 is 4.90 Å². The van der Waals surface area contributed by atoms with Gasteiger partial charge in [0.1, 0.15) is 4.60 Å². The minimum atomic E-state index is 0.0781. The van der Waals surface area contributed by atoms with E-state index in [1.165, 1.54) is 30.4 Å². The van der Waals surface area contributed by atoms with E-state index in [2.05, 4.69) is 44.9 Å². The van der Waals surface area contributed by atoms with Crippen molar-refractivity contribution >= 4 is 27.4 Å². The van der Waals surface area contributed by atoms with Crippen molar-refractivity contribution in [1.29, 1.82) is 0 Å². The van der Waals surface area contributed by atoms with Crippen molar-refractivity contribution in [3.63, 3.8) is 0 Å². The van der Waals surface area contributed by atoms with Gasteiger partial charge in [0.25, 0.3) is 5.91 Å². The number of carbonyl (C=O) groups excluding carboxylic acids is 1. The van der Waals surface area contributed by atoms with E-state index in [4.69, 9.17) is 0 Å². The average Bonchev–Trinajstić information content (AvgIpc) is 3.30. The minimum absolute atomic E-state index is 0.0781. The monoisotopic (exact) mass is 439 g/mol. The van der Waals surface area contributed by atoms with Crippen molar-refractivity contribution < 1.29 is 4.79 Å². The molecule has 0 bridgehead atoms. The molecule has 1 amide bonds. The number of halogens is 1. The molecule has 0 spiro atoms. The van der Waals surface area contributed by atoms with Gasteiger partial charge in [-0.05, 0) is 78.1 Å². The van der Waals surface area contributed by atoms with Crippen LogP contribution in [0, 0.1) is 11.8 Å². The largest absolute Gasteiger partial charge is 0.333 e. The maximum Gasteiger partial charge on any atom is 0.290 e. The Morgan fingerprint density at radius 1 is 1.21 bits per heavy atom. The SMILES string of the molecule is CC1=CC(C2CCN(C(=O)c3nc(Br)c4ccccn34)C3CCCCC23)=CC1. The third-order valence-electron chi connectivity index (χ3n) is 6.84. The molecule has 146 valence electrons.